The fourth-order valence-corrected chi connectivity index (χ4v) is 2.44. The normalized spacial score (nSPS) is 10.1. The number of anilines is 1. The van der Waals surface area contributed by atoms with Crippen molar-refractivity contribution in [2.24, 2.45) is 0 Å². The fourth-order valence-electron chi connectivity index (χ4n) is 1.77. The minimum absolute atomic E-state index is 0.103. The molecule has 1 N–H and O–H groups in total. The SMILES string of the molecule is COC(=O)c1ccc(C)c(NC(=O)Cc2ccsc2)c1. The molecule has 0 fully saturated rings. The molecule has 0 aliphatic carbocycles. The van der Waals surface area contributed by atoms with Crippen LogP contribution >= 0.6 is 11.3 Å². The van der Waals surface area contributed by atoms with E-state index in [1.165, 1.54) is 7.11 Å². The maximum Gasteiger partial charge on any atom is 0.337 e. The van der Waals surface area contributed by atoms with Gasteiger partial charge in [0.2, 0.25) is 5.91 Å². The number of ether oxygens (including phenoxy) is 1. The maximum atomic E-state index is 12.0. The molecule has 1 amide bonds. The van der Waals surface area contributed by atoms with Crippen LogP contribution in [0.4, 0.5) is 5.69 Å². The van der Waals surface area contributed by atoms with Gasteiger partial charge in [-0.25, -0.2) is 4.79 Å². The van der Waals surface area contributed by atoms with Crippen molar-refractivity contribution in [1.82, 2.24) is 0 Å². The highest BCUT2D eigenvalue weighted by atomic mass is 32.1. The Morgan fingerprint density at radius 1 is 1.30 bits per heavy atom. The molecule has 20 heavy (non-hydrogen) atoms. The maximum absolute atomic E-state index is 12.0. The van der Waals surface area contributed by atoms with Crippen molar-refractivity contribution in [3.63, 3.8) is 0 Å². The Morgan fingerprint density at radius 3 is 2.75 bits per heavy atom. The summed E-state index contributed by atoms with van der Waals surface area (Å²) in [5.74, 6) is -0.521. The van der Waals surface area contributed by atoms with Gasteiger partial charge in [-0.2, -0.15) is 11.3 Å². The number of aryl methyl sites for hydroxylation is 1. The first kappa shape index (κ1) is 14.3. The lowest BCUT2D eigenvalue weighted by molar-refractivity contribution is -0.115. The summed E-state index contributed by atoms with van der Waals surface area (Å²) in [6, 6.07) is 7.01. The largest absolute Gasteiger partial charge is 0.465 e. The number of amides is 1. The van der Waals surface area contributed by atoms with Crippen LogP contribution in [0.2, 0.25) is 0 Å². The molecule has 1 aromatic heterocycles. The van der Waals surface area contributed by atoms with Crippen molar-refractivity contribution in [1.29, 1.82) is 0 Å². The summed E-state index contributed by atoms with van der Waals surface area (Å²) in [7, 11) is 1.33. The molecule has 0 saturated heterocycles. The van der Waals surface area contributed by atoms with E-state index in [-0.39, 0.29) is 5.91 Å². The predicted molar refractivity (Wildman–Crippen MR) is 79.2 cm³/mol. The van der Waals surface area contributed by atoms with Crippen LogP contribution in [0.15, 0.2) is 35.0 Å². The van der Waals surface area contributed by atoms with Gasteiger partial charge in [-0.3, -0.25) is 4.79 Å². The number of benzene rings is 1. The fraction of sp³-hybridized carbons (Fsp3) is 0.200. The molecule has 4 nitrogen and oxygen atoms in total. The van der Waals surface area contributed by atoms with Crippen LogP contribution in [0, 0.1) is 6.92 Å². The van der Waals surface area contributed by atoms with E-state index in [1.54, 1.807) is 29.5 Å². The number of hydrogen-bond acceptors (Lipinski definition) is 4. The molecule has 0 atom stereocenters. The number of nitrogens with one attached hydrogen (secondary N) is 1. The second-order valence-electron chi connectivity index (χ2n) is 4.38. The quantitative estimate of drug-likeness (QED) is 0.880. The van der Waals surface area contributed by atoms with E-state index in [9.17, 15) is 9.59 Å². The zero-order chi connectivity index (χ0) is 14.5. The second kappa shape index (κ2) is 6.34. The van der Waals surface area contributed by atoms with Crippen LogP contribution in [-0.4, -0.2) is 19.0 Å². The van der Waals surface area contributed by atoms with Gasteiger partial charge < -0.3 is 10.1 Å². The third kappa shape index (κ3) is 3.45. The van der Waals surface area contributed by atoms with Gasteiger partial charge in [0.15, 0.2) is 0 Å². The van der Waals surface area contributed by atoms with Gasteiger partial charge in [-0.05, 0) is 47.0 Å². The van der Waals surface area contributed by atoms with Crippen LogP contribution in [0.25, 0.3) is 0 Å². The number of rotatable bonds is 4. The Hall–Kier alpha value is -2.14. The summed E-state index contributed by atoms with van der Waals surface area (Å²) < 4.78 is 4.67. The number of thiophene rings is 1. The first-order valence-corrected chi connectivity index (χ1v) is 7.04. The number of esters is 1. The molecule has 0 aliphatic rings. The van der Waals surface area contributed by atoms with Crippen molar-refractivity contribution in [2.75, 3.05) is 12.4 Å². The molecule has 1 heterocycles. The summed E-state index contributed by atoms with van der Waals surface area (Å²) in [5.41, 5.74) is 2.93. The van der Waals surface area contributed by atoms with E-state index < -0.39 is 5.97 Å². The van der Waals surface area contributed by atoms with Crippen LogP contribution in [0.1, 0.15) is 21.5 Å². The summed E-state index contributed by atoms with van der Waals surface area (Å²) in [4.78, 5) is 23.4. The van der Waals surface area contributed by atoms with Crippen LogP contribution < -0.4 is 5.32 Å². The first-order valence-electron chi connectivity index (χ1n) is 6.10. The lowest BCUT2D eigenvalue weighted by Gasteiger charge is -2.09. The highest BCUT2D eigenvalue weighted by Gasteiger charge is 2.10. The molecule has 0 saturated carbocycles. The average molecular weight is 289 g/mol. The van der Waals surface area contributed by atoms with Crippen molar-refractivity contribution in [3.05, 3.63) is 51.7 Å². The van der Waals surface area contributed by atoms with E-state index >= 15 is 0 Å². The topological polar surface area (TPSA) is 55.4 Å². The Bertz CT molecular complexity index is 620. The average Bonchev–Trinajstić information content (AvgIpc) is 2.93. The molecular formula is C15H15NO3S. The molecule has 0 aliphatic heterocycles. The third-order valence-electron chi connectivity index (χ3n) is 2.88. The highest BCUT2D eigenvalue weighted by molar-refractivity contribution is 7.08. The summed E-state index contributed by atoms with van der Waals surface area (Å²) in [6.45, 7) is 1.88. The van der Waals surface area contributed by atoms with Crippen LogP contribution in [0.3, 0.4) is 0 Å². The van der Waals surface area contributed by atoms with E-state index in [1.807, 2.05) is 23.8 Å². The Labute approximate surface area is 121 Å². The lowest BCUT2D eigenvalue weighted by atomic mass is 10.1. The molecule has 0 bridgehead atoms. The van der Waals surface area contributed by atoms with Crippen molar-refractivity contribution in [3.8, 4) is 0 Å². The standard InChI is InChI=1S/C15H15NO3S/c1-10-3-4-12(15(18)19-2)8-13(10)16-14(17)7-11-5-6-20-9-11/h3-6,8-9H,7H2,1-2H3,(H,16,17). The number of carbonyl (C=O) groups excluding carboxylic acids is 2. The van der Waals surface area contributed by atoms with Crippen LogP contribution in [0.5, 0.6) is 0 Å². The van der Waals surface area contributed by atoms with E-state index in [4.69, 9.17) is 0 Å². The van der Waals surface area contributed by atoms with Gasteiger partial charge in [0.05, 0.1) is 19.1 Å². The third-order valence-corrected chi connectivity index (χ3v) is 3.61. The molecule has 5 heteroatoms. The van der Waals surface area contributed by atoms with Gasteiger partial charge in [0.1, 0.15) is 0 Å². The minimum Gasteiger partial charge on any atom is -0.465 e. The molecule has 0 radical (unpaired) electrons. The molecule has 2 rings (SSSR count). The lowest BCUT2D eigenvalue weighted by Crippen LogP contribution is -2.15. The van der Waals surface area contributed by atoms with Gasteiger partial charge in [0, 0.05) is 5.69 Å². The van der Waals surface area contributed by atoms with Crippen molar-refractivity contribution in [2.45, 2.75) is 13.3 Å². The zero-order valence-electron chi connectivity index (χ0n) is 11.3. The van der Waals surface area contributed by atoms with Crippen molar-refractivity contribution < 1.29 is 14.3 Å². The summed E-state index contributed by atoms with van der Waals surface area (Å²) in [6.07, 6.45) is 0.325. The number of carbonyl (C=O) groups is 2. The molecule has 0 unspecified atom stereocenters. The van der Waals surface area contributed by atoms with Gasteiger partial charge in [-0.15, -0.1) is 0 Å². The minimum atomic E-state index is -0.418. The van der Waals surface area contributed by atoms with Gasteiger partial charge in [0.25, 0.3) is 0 Å². The molecule has 0 spiro atoms. The molecule has 2 aromatic rings. The van der Waals surface area contributed by atoms with Crippen LogP contribution in [-0.2, 0) is 16.0 Å². The Balaban J connectivity index is 2.12. The monoisotopic (exact) mass is 289 g/mol. The smallest absolute Gasteiger partial charge is 0.337 e. The van der Waals surface area contributed by atoms with E-state index in [0.717, 1.165) is 11.1 Å². The summed E-state index contributed by atoms with van der Waals surface area (Å²) >= 11 is 1.56. The van der Waals surface area contributed by atoms with Gasteiger partial charge >= 0.3 is 5.97 Å². The molecule has 1 aromatic carbocycles. The van der Waals surface area contributed by atoms with E-state index in [0.29, 0.717) is 17.7 Å². The molecule has 104 valence electrons. The summed E-state index contributed by atoms with van der Waals surface area (Å²) in [5, 5.41) is 6.70. The second-order valence-corrected chi connectivity index (χ2v) is 5.16. The predicted octanol–water partition coefficient (Wildman–Crippen LogP) is 3.02. The zero-order valence-corrected chi connectivity index (χ0v) is 12.1. The Morgan fingerprint density at radius 2 is 2.10 bits per heavy atom. The molecular weight excluding hydrogens is 274 g/mol. The highest BCUT2D eigenvalue weighted by Crippen LogP contribution is 2.18. The van der Waals surface area contributed by atoms with E-state index in [2.05, 4.69) is 10.1 Å². The van der Waals surface area contributed by atoms with Gasteiger partial charge in [-0.1, -0.05) is 6.07 Å². The van der Waals surface area contributed by atoms with Crippen molar-refractivity contribution >= 4 is 28.9 Å². The number of hydrogen-bond donors (Lipinski definition) is 1. The first-order chi connectivity index (χ1) is 9.60. The Kier molecular flexibility index (Phi) is 4.53. The number of methoxy groups -OCH3 is 1.